The molecule has 19 heavy (non-hydrogen) atoms. The van der Waals surface area contributed by atoms with Crippen LogP contribution in [0.5, 0.6) is 0 Å². The molecular formula is C13H15ClN4O. The third-order valence-electron chi connectivity index (χ3n) is 2.56. The van der Waals surface area contributed by atoms with Gasteiger partial charge in [-0.1, -0.05) is 6.07 Å². The van der Waals surface area contributed by atoms with Crippen molar-refractivity contribution in [1.82, 2.24) is 15.0 Å². The van der Waals surface area contributed by atoms with Crippen LogP contribution in [-0.2, 0) is 5.60 Å². The van der Waals surface area contributed by atoms with Gasteiger partial charge < -0.3 is 10.4 Å². The Morgan fingerprint density at radius 2 is 2.00 bits per heavy atom. The molecule has 0 fully saturated rings. The molecule has 5 nitrogen and oxygen atoms in total. The Kier molecular flexibility index (Phi) is 3.68. The first-order valence-corrected chi connectivity index (χ1v) is 6.20. The molecule has 0 saturated heterocycles. The molecule has 0 aliphatic carbocycles. The van der Waals surface area contributed by atoms with Gasteiger partial charge in [0.05, 0.1) is 5.69 Å². The zero-order valence-electron chi connectivity index (χ0n) is 11.0. The zero-order chi connectivity index (χ0) is 14.0. The fourth-order valence-electron chi connectivity index (χ4n) is 1.51. The molecule has 0 unspecified atom stereocenters. The van der Waals surface area contributed by atoms with Crippen molar-refractivity contribution < 1.29 is 5.11 Å². The van der Waals surface area contributed by atoms with Gasteiger partial charge in [0.2, 0.25) is 5.28 Å². The topological polar surface area (TPSA) is 70.9 Å². The zero-order valence-corrected chi connectivity index (χ0v) is 11.7. The lowest BCUT2D eigenvalue weighted by Crippen LogP contribution is -2.17. The first-order valence-electron chi connectivity index (χ1n) is 5.82. The van der Waals surface area contributed by atoms with Crippen molar-refractivity contribution in [3.05, 3.63) is 40.9 Å². The van der Waals surface area contributed by atoms with E-state index in [9.17, 15) is 5.11 Å². The van der Waals surface area contributed by atoms with Crippen molar-refractivity contribution in [3.63, 3.8) is 0 Å². The minimum Gasteiger partial charge on any atom is -0.384 e. The number of aromatic nitrogens is 3. The van der Waals surface area contributed by atoms with Gasteiger partial charge in [-0.2, -0.15) is 0 Å². The van der Waals surface area contributed by atoms with Gasteiger partial charge >= 0.3 is 0 Å². The van der Waals surface area contributed by atoms with Crippen LogP contribution in [0.4, 0.5) is 11.6 Å². The summed E-state index contributed by atoms with van der Waals surface area (Å²) < 4.78 is 0. The first-order chi connectivity index (χ1) is 8.86. The van der Waals surface area contributed by atoms with Crippen LogP contribution in [0, 0.1) is 6.92 Å². The average Bonchev–Trinajstić information content (AvgIpc) is 2.33. The van der Waals surface area contributed by atoms with E-state index in [-0.39, 0.29) is 5.28 Å². The standard InChI is InChI=1S/C13H15ClN4O/c1-8-7-15-12(14)18-11(8)17-10-6-4-5-9(16-10)13(2,3)19/h4-7,19H,1-3H3,(H,15,16,17,18). The van der Waals surface area contributed by atoms with Crippen molar-refractivity contribution in [2.75, 3.05) is 5.32 Å². The molecule has 2 aromatic rings. The summed E-state index contributed by atoms with van der Waals surface area (Å²) in [4.78, 5) is 12.3. The number of rotatable bonds is 3. The summed E-state index contributed by atoms with van der Waals surface area (Å²) in [5.41, 5.74) is 0.450. The van der Waals surface area contributed by atoms with Gasteiger partial charge in [-0.25, -0.2) is 15.0 Å². The highest BCUT2D eigenvalue weighted by Gasteiger charge is 2.17. The van der Waals surface area contributed by atoms with Gasteiger partial charge in [-0.05, 0) is 44.5 Å². The van der Waals surface area contributed by atoms with Crippen LogP contribution in [0.3, 0.4) is 0 Å². The number of aryl methyl sites for hydroxylation is 1. The smallest absolute Gasteiger partial charge is 0.224 e. The van der Waals surface area contributed by atoms with Crippen LogP contribution in [0.2, 0.25) is 5.28 Å². The highest BCUT2D eigenvalue weighted by Crippen LogP contribution is 2.21. The van der Waals surface area contributed by atoms with E-state index in [2.05, 4.69) is 20.3 Å². The average molecular weight is 279 g/mol. The lowest BCUT2D eigenvalue weighted by atomic mass is 10.1. The van der Waals surface area contributed by atoms with E-state index in [0.29, 0.717) is 17.3 Å². The van der Waals surface area contributed by atoms with Crippen molar-refractivity contribution in [2.24, 2.45) is 0 Å². The number of anilines is 2. The maximum Gasteiger partial charge on any atom is 0.224 e. The minimum atomic E-state index is -0.990. The van der Waals surface area contributed by atoms with Crippen molar-refractivity contribution in [3.8, 4) is 0 Å². The van der Waals surface area contributed by atoms with Gasteiger partial charge in [-0.15, -0.1) is 0 Å². The molecular weight excluding hydrogens is 264 g/mol. The maximum absolute atomic E-state index is 9.94. The second-order valence-electron chi connectivity index (χ2n) is 4.76. The number of hydrogen-bond acceptors (Lipinski definition) is 5. The Morgan fingerprint density at radius 1 is 1.26 bits per heavy atom. The molecule has 2 aromatic heterocycles. The summed E-state index contributed by atoms with van der Waals surface area (Å²) in [6.07, 6.45) is 1.64. The Balaban J connectivity index is 2.31. The Labute approximate surface area is 116 Å². The van der Waals surface area contributed by atoms with E-state index < -0.39 is 5.60 Å². The third-order valence-corrected chi connectivity index (χ3v) is 2.75. The summed E-state index contributed by atoms with van der Waals surface area (Å²) >= 11 is 5.76. The molecule has 0 aliphatic rings. The first kappa shape index (κ1) is 13.7. The molecule has 0 saturated carbocycles. The lowest BCUT2D eigenvalue weighted by Gasteiger charge is -2.17. The largest absolute Gasteiger partial charge is 0.384 e. The molecule has 6 heteroatoms. The molecule has 2 rings (SSSR count). The normalized spacial score (nSPS) is 11.4. The van der Waals surface area contributed by atoms with E-state index in [1.165, 1.54) is 0 Å². The van der Waals surface area contributed by atoms with Crippen molar-refractivity contribution >= 4 is 23.2 Å². The van der Waals surface area contributed by atoms with Gasteiger partial charge in [0.15, 0.2) is 0 Å². The van der Waals surface area contributed by atoms with Crippen molar-refractivity contribution in [2.45, 2.75) is 26.4 Å². The summed E-state index contributed by atoms with van der Waals surface area (Å²) in [7, 11) is 0. The molecule has 2 heterocycles. The van der Waals surface area contributed by atoms with Crippen LogP contribution in [-0.4, -0.2) is 20.1 Å². The predicted molar refractivity (Wildman–Crippen MR) is 74.5 cm³/mol. The van der Waals surface area contributed by atoms with E-state index in [1.54, 1.807) is 32.2 Å². The van der Waals surface area contributed by atoms with Crippen LogP contribution in [0.1, 0.15) is 25.1 Å². The SMILES string of the molecule is Cc1cnc(Cl)nc1Nc1cccc(C(C)(C)O)n1. The number of hydrogen-bond donors (Lipinski definition) is 2. The molecule has 0 amide bonds. The van der Waals surface area contributed by atoms with Crippen LogP contribution >= 0.6 is 11.6 Å². The quantitative estimate of drug-likeness (QED) is 0.845. The number of nitrogens with zero attached hydrogens (tertiary/aromatic N) is 3. The van der Waals surface area contributed by atoms with E-state index in [1.807, 2.05) is 13.0 Å². The second-order valence-corrected chi connectivity index (χ2v) is 5.10. The maximum atomic E-state index is 9.94. The fraction of sp³-hybridized carbons (Fsp3) is 0.308. The molecule has 0 radical (unpaired) electrons. The Hall–Kier alpha value is -1.72. The third kappa shape index (κ3) is 3.39. The predicted octanol–water partition coefficient (Wildman–Crippen LogP) is 2.80. The number of aliphatic hydroxyl groups is 1. The van der Waals surface area contributed by atoms with E-state index in [4.69, 9.17) is 11.6 Å². The van der Waals surface area contributed by atoms with Crippen LogP contribution < -0.4 is 5.32 Å². The monoisotopic (exact) mass is 278 g/mol. The fourth-order valence-corrected chi connectivity index (χ4v) is 1.65. The summed E-state index contributed by atoms with van der Waals surface area (Å²) in [6, 6.07) is 5.39. The van der Waals surface area contributed by atoms with E-state index >= 15 is 0 Å². The van der Waals surface area contributed by atoms with Gasteiger partial charge in [0.25, 0.3) is 0 Å². The lowest BCUT2D eigenvalue weighted by molar-refractivity contribution is 0.0740. The molecule has 100 valence electrons. The number of pyridine rings is 1. The molecule has 0 spiro atoms. The summed E-state index contributed by atoms with van der Waals surface area (Å²) in [5, 5.41) is 13.2. The van der Waals surface area contributed by atoms with Gasteiger partial charge in [0.1, 0.15) is 17.2 Å². The van der Waals surface area contributed by atoms with Gasteiger partial charge in [-0.3, -0.25) is 0 Å². The molecule has 0 aromatic carbocycles. The minimum absolute atomic E-state index is 0.173. The second kappa shape index (κ2) is 5.11. The number of halogens is 1. The summed E-state index contributed by atoms with van der Waals surface area (Å²) in [6.45, 7) is 5.25. The summed E-state index contributed by atoms with van der Waals surface area (Å²) in [5.74, 6) is 1.19. The molecule has 0 aliphatic heterocycles. The molecule has 2 N–H and O–H groups in total. The Morgan fingerprint density at radius 3 is 2.68 bits per heavy atom. The molecule has 0 atom stereocenters. The van der Waals surface area contributed by atoms with E-state index in [0.717, 1.165) is 5.56 Å². The highest BCUT2D eigenvalue weighted by molar-refractivity contribution is 6.28. The highest BCUT2D eigenvalue weighted by atomic mass is 35.5. The van der Waals surface area contributed by atoms with Crippen LogP contribution in [0.25, 0.3) is 0 Å². The Bertz CT molecular complexity index is 595. The molecule has 0 bridgehead atoms. The van der Waals surface area contributed by atoms with Crippen LogP contribution in [0.15, 0.2) is 24.4 Å². The van der Waals surface area contributed by atoms with Crippen molar-refractivity contribution in [1.29, 1.82) is 0 Å². The van der Waals surface area contributed by atoms with Gasteiger partial charge in [0, 0.05) is 11.8 Å². The number of nitrogens with one attached hydrogen (secondary N) is 1.